The van der Waals surface area contributed by atoms with Crippen LogP contribution < -0.4 is 14.4 Å². The third-order valence-corrected chi connectivity index (χ3v) is 7.74. The van der Waals surface area contributed by atoms with Crippen LogP contribution >= 0.6 is 11.3 Å². The second kappa shape index (κ2) is 12.1. The highest BCUT2D eigenvalue weighted by atomic mass is 32.2. The van der Waals surface area contributed by atoms with Crippen molar-refractivity contribution in [1.82, 2.24) is 9.71 Å². The quantitative estimate of drug-likeness (QED) is 0.453. The Morgan fingerprint density at radius 1 is 1.19 bits per heavy atom. The Kier molecular flexibility index (Phi) is 9.89. The number of ether oxygens (including phenoxy) is 2. The van der Waals surface area contributed by atoms with Gasteiger partial charge < -0.3 is 9.47 Å². The van der Waals surface area contributed by atoms with Gasteiger partial charge >= 0.3 is 0 Å². The molecule has 0 fully saturated rings. The number of nitrogens with one attached hydrogen (secondary N) is 1. The zero-order chi connectivity index (χ0) is 22.9. The van der Waals surface area contributed by atoms with Gasteiger partial charge in [-0.2, -0.15) is 0 Å². The van der Waals surface area contributed by atoms with Crippen LogP contribution in [0.5, 0.6) is 5.75 Å². The monoisotopic (exact) mass is 469 g/mol. The Morgan fingerprint density at radius 2 is 1.90 bits per heavy atom. The first-order chi connectivity index (χ1) is 14.8. The highest BCUT2D eigenvalue weighted by Gasteiger charge is 2.24. The zero-order valence-electron chi connectivity index (χ0n) is 18.5. The molecule has 1 heterocycles. The fourth-order valence-corrected chi connectivity index (χ4v) is 5.19. The number of hydrogen-bond donors (Lipinski definition) is 1. The minimum absolute atomic E-state index is 0.104. The van der Waals surface area contributed by atoms with Crippen molar-refractivity contribution in [3.8, 4) is 5.75 Å². The molecule has 8 nitrogen and oxygen atoms in total. The second-order valence-electron chi connectivity index (χ2n) is 6.94. The summed E-state index contributed by atoms with van der Waals surface area (Å²) in [7, 11) is -2.11. The molecule has 0 spiro atoms. The normalized spacial score (nSPS) is 11.5. The fraction of sp³-hybridized carbons (Fsp3) is 0.524. The summed E-state index contributed by atoms with van der Waals surface area (Å²) in [5.74, 6) is 0.599. The van der Waals surface area contributed by atoms with Gasteiger partial charge in [0, 0.05) is 20.2 Å². The van der Waals surface area contributed by atoms with Gasteiger partial charge in [-0.05, 0) is 38.0 Å². The number of aromatic nitrogens is 1. The van der Waals surface area contributed by atoms with Crippen molar-refractivity contribution in [1.29, 1.82) is 0 Å². The van der Waals surface area contributed by atoms with E-state index in [9.17, 15) is 13.2 Å². The van der Waals surface area contributed by atoms with Crippen LogP contribution in [0.25, 0.3) is 0 Å². The molecule has 172 valence electrons. The minimum atomic E-state index is -3.71. The van der Waals surface area contributed by atoms with E-state index < -0.39 is 10.0 Å². The summed E-state index contributed by atoms with van der Waals surface area (Å²) in [4.78, 5) is 18.4. The summed E-state index contributed by atoms with van der Waals surface area (Å²) in [6, 6.07) is 7.42. The fourth-order valence-electron chi connectivity index (χ4n) is 2.66. The number of anilines is 1. The Balaban J connectivity index is 2.00. The number of benzene rings is 1. The van der Waals surface area contributed by atoms with E-state index in [4.69, 9.17) is 9.47 Å². The molecule has 2 aromatic rings. The molecule has 1 aromatic carbocycles. The first-order valence-electron chi connectivity index (χ1n) is 10.3. The van der Waals surface area contributed by atoms with Crippen LogP contribution in [0.1, 0.15) is 37.9 Å². The maximum Gasteiger partial charge on any atom is 0.252 e. The van der Waals surface area contributed by atoms with Crippen molar-refractivity contribution >= 4 is 32.4 Å². The van der Waals surface area contributed by atoms with E-state index in [1.54, 1.807) is 14.0 Å². The number of aryl methyl sites for hydroxylation is 1. The minimum Gasteiger partial charge on any atom is -0.494 e. The molecule has 0 aliphatic carbocycles. The maximum atomic E-state index is 12.7. The highest BCUT2D eigenvalue weighted by molar-refractivity contribution is 7.91. The van der Waals surface area contributed by atoms with E-state index >= 15 is 0 Å². The van der Waals surface area contributed by atoms with Crippen molar-refractivity contribution in [2.75, 3.05) is 38.3 Å². The molecule has 31 heavy (non-hydrogen) atoms. The molecule has 0 saturated carbocycles. The van der Waals surface area contributed by atoms with E-state index in [1.807, 2.05) is 31.2 Å². The van der Waals surface area contributed by atoms with Crippen molar-refractivity contribution < 1.29 is 22.7 Å². The SMILES string of the molecule is CCCCOc1ccc(CC(=O)N(C)c2nc(C)c(S(=O)(=O)NCCOCC)s2)cc1. The van der Waals surface area contributed by atoms with E-state index in [-0.39, 0.29) is 23.1 Å². The lowest BCUT2D eigenvalue weighted by Crippen LogP contribution is -2.28. The number of sulfonamides is 1. The summed E-state index contributed by atoms with van der Waals surface area (Å²) in [6.45, 7) is 7.23. The molecule has 0 aliphatic rings. The molecular formula is C21H31N3O5S2. The van der Waals surface area contributed by atoms with Gasteiger partial charge in [-0.15, -0.1) is 0 Å². The standard InChI is InChI=1S/C21H31N3O5S2/c1-5-7-13-29-18-10-8-17(9-11-18)15-19(25)24(4)21-23-16(3)20(30-21)31(26,27)22-12-14-28-6-2/h8-11,22H,5-7,12-15H2,1-4H3. The summed E-state index contributed by atoms with van der Waals surface area (Å²) >= 11 is 0.974. The molecule has 1 N–H and O–H groups in total. The van der Waals surface area contributed by atoms with Crippen LogP contribution in [0.15, 0.2) is 28.5 Å². The lowest BCUT2D eigenvalue weighted by molar-refractivity contribution is -0.117. The van der Waals surface area contributed by atoms with Gasteiger partial charge in [0.1, 0.15) is 5.75 Å². The van der Waals surface area contributed by atoms with Crippen molar-refractivity contribution in [2.24, 2.45) is 0 Å². The number of carbonyl (C=O) groups is 1. The number of amides is 1. The van der Waals surface area contributed by atoms with E-state index in [2.05, 4.69) is 16.6 Å². The third-order valence-electron chi connectivity index (χ3n) is 4.44. The van der Waals surface area contributed by atoms with Crippen molar-refractivity contribution in [3.63, 3.8) is 0 Å². The average molecular weight is 470 g/mol. The first kappa shape index (κ1) is 25.3. The molecular weight excluding hydrogens is 438 g/mol. The largest absolute Gasteiger partial charge is 0.494 e. The molecule has 0 unspecified atom stereocenters. The number of thiazole rings is 1. The molecule has 10 heteroatoms. The summed E-state index contributed by atoms with van der Waals surface area (Å²) in [6.07, 6.45) is 2.25. The highest BCUT2D eigenvalue weighted by Crippen LogP contribution is 2.29. The smallest absolute Gasteiger partial charge is 0.252 e. The van der Waals surface area contributed by atoms with Crippen LogP contribution in [0.3, 0.4) is 0 Å². The summed E-state index contributed by atoms with van der Waals surface area (Å²) < 4.78 is 38.5. The molecule has 0 saturated heterocycles. The van der Waals surface area contributed by atoms with E-state index in [1.165, 1.54) is 4.90 Å². The van der Waals surface area contributed by atoms with Crippen molar-refractivity contribution in [3.05, 3.63) is 35.5 Å². The molecule has 2 rings (SSSR count). The van der Waals surface area contributed by atoms with Crippen LogP contribution in [-0.2, 0) is 26.0 Å². The molecule has 0 bridgehead atoms. The Hall–Kier alpha value is -2.01. The topological polar surface area (TPSA) is 97.8 Å². The van der Waals surface area contributed by atoms with Crippen LogP contribution in [-0.4, -0.2) is 52.7 Å². The van der Waals surface area contributed by atoms with Gasteiger partial charge in [0.2, 0.25) is 5.91 Å². The molecule has 0 radical (unpaired) electrons. The maximum absolute atomic E-state index is 12.7. The average Bonchev–Trinajstić information content (AvgIpc) is 3.14. The van der Waals surface area contributed by atoms with Gasteiger partial charge in [0.25, 0.3) is 10.0 Å². The van der Waals surface area contributed by atoms with Gasteiger partial charge in [0.05, 0.1) is 25.3 Å². The van der Waals surface area contributed by atoms with Crippen molar-refractivity contribution in [2.45, 2.75) is 44.2 Å². The number of likely N-dealkylation sites (N-methyl/N-ethyl adjacent to an activating group) is 1. The molecule has 1 amide bonds. The number of carbonyl (C=O) groups excluding carboxylic acids is 1. The van der Waals surface area contributed by atoms with Crippen LogP contribution in [0, 0.1) is 6.92 Å². The Bertz CT molecular complexity index is 942. The molecule has 0 atom stereocenters. The van der Waals surface area contributed by atoms with E-state index in [0.29, 0.717) is 30.6 Å². The molecule has 1 aromatic heterocycles. The van der Waals surface area contributed by atoms with Crippen LogP contribution in [0.2, 0.25) is 0 Å². The van der Waals surface area contributed by atoms with Crippen LogP contribution in [0.4, 0.5) is 5.13 Å². The third kappa shape index (κ3) is 7.57. The van der Waals surface area contributed by atoms with Gasteiger partial charge in [-0.25, -0.2) is 18.1 Å². The zero-order valence-corrected chi connectivity index (χ0v) is 20.1. The number of nitrogens with zero attached hydrogens (tertiary/aromatic N) is 2. The van der Waals surface area contributed by atoms with Gasteiger partial charge in [-0.3, -0.25) is 9.69 Å². The Labute approximate surface area is 188 Å². The van der Waals surface area contributed by atoms with E-state index in [0.717, 1.165) is 35.5 Å². The number of hydrogen-bond acceptors (Lipinski definition) is 7. The van der Waals surface area contributed by atoms with Gasteiger partial charge in [0.15, 0.2) is 9.34 Å². The predicted molar refractivity (Wildman–Crippen MR) is 122 cm³/mol. The predicted octanol–water partition coefficient (Wildman–Crippen LogP) is 3.15. The van der Waals surface area contributed by atoms with Gasteiger partial charge in [-0.1, -0.05) is 36.8 Å². The lowest BCUT2D eigenvalue weighted by Gasteiger charge is -2.14. The first-order valence-corrected chi connectivity index (χ1v) is 12.6. The Morgan fingerprint density at radius 3 is 2.55 bits per heavy atom. The second-order valence-corrected chi connectivity index (χ2v) is 9.88. The lowest BCUT2D eigenvalue weighted by atomic mass is 10.1. The number of unbranched alkanes of at least 4 members (excludes halogenated alkanes) is 1. The number of rotatable bonds is 13. The summed E-state index contributed by atoms with van der Waals surface area (Å²) in [5.41, 5.74) is 1.20. The molecule has 0 aliphatic heterocycles. The summed E-state index contributed by atoms with van der Waals surface area (Å²) in [5, 5.41) is 0.340.